The quantitative estimate of drug-likeness (QED) is 0.906. The fourth-order valence-electron chi connectivity index (χ4n) is 2.83. The molecule has 0 aromatic heterocycles. The first-order valence-electron chi connectivity index (χ1n) is 6.81. The second-order valence-electron chi connectivity index (χ2n) is 5.47. The molecule has 1 atom stereocenters. The van der Waals surface area contributed by atoms with Crippen molar-refractivity contribution >= 4 is 11.6 Å². The maximum absolute atomic E-state index is 6.06. The van der Waals surface area contributed by atoms with E-state index in [-0.39, 0.29) is 0 Å². The maximum atomic E-state index is 6.06. The van der Waals surface area contributed by atoms with Gasteiger partial charge in [0.15, 0.2) is 0 Å². The minimum Gasteiger partial charge on any atom is -0.328 e. The molecular weight excluding hydrogens is 244 g/mol. The van der Waals surface area contributed by atoms with E-state index in [4.69, 9.17) is 17.3 Å². The van der Waals surface area contributed by atoms with Crippen LogP contribution < -0.4 is 5.73 Å². The molecule has 18 heavy (non-hydrogen) atoms. The van der Waals surface area contributed by atoms with Gasteiger partial charge >= 0.3 is 0 Å². The van der Waals surface area contributed by atoms with Crippen LogP contribution in [0.2, 0.25) is 5.02 Å². The molecule has 0 spiro atoms. The molecule has 2 N–H and O–H groups in total. The minimum atomic E-state index is 0.406. The molecule has 1 saturated carbocycles. The third-order valence-electron chi connectivity index (χ3n) is 4.26. The van der Waals surface area contributed by atoms with E-state index in [2.05, 4.69) is 31.0 Å². The second-order valence-corrected chi connectivity index (χ2v) is 5.90. The van der Waals surface area contributed by atoms with Crippen molar-refractivity contribution in [2.75, 3.05) is 7.05 Å². The van der Waals surface area contributed by atoms with E-state index in [0.29, 0.717) is 18.1 Å². The van der Waals surface area contributed by atoms with Gasteiger partial charge in [-0.05, 0) is 57.4 Å². The topological polar surface area (TPSA) is 29.3 Å². The summed E-state index contributed by atoms with van der Waals surface area (Å²) in [5.74, 6) is 0. The van der Waals surface area contributed by atoms with E-state index in [1.165, 1.54) is 18.4 Å². The Morgan fingerprint density at radius 3 is 2.56 bits per heavy atom. The maximum Gasteiger partial charge on any atom is 0.0409 e. The summed E-state index contributed by atoms with van der Waals surface area (Å²) in [4.78, 5) is 2.47. The van der Waals surface area contributed by atoms with Crippen molar-refractivity contribution in [3.63, 3.8) is 0 Å². The zero-order chi connectivity index (χ0) is 13.1. The number of hydrogen-bond acceptors (Lipinski definition) is 2. The highest BCUT2D eigenvalue weighted by Crippen LogP contribution is 2.29. The first-order chi connectivity index (χ1) is 8.58. The van der Waals surface area contributed by atoms with E-state index in [0.717, 1.165) is 17.9 Å². The first kappa shape index (κ1) is 13.9. The number of benzene rings is 1. The predicted octanol–water partition coefficient (Wildman–Crippen LogP) is 3.60. The lowest BCUT2D eigenvalue weighted by molar-refractivity contribution is 0.140. The predicted molar refractivity (Wildman–Crippen MR) is 77.9 cm³/mol. The Labute approximate surface area is 115 Å². The Kier molecular flexibility index (Phi) is 4.66. The molecule has 0 heterocycles. The van der Waals surface area contributed by atoms with Crippen molar-refractivity contribution in [3.05, 3.63) is 34.9 Å². The Hall–Kier alpha value is -0.570. The van der Waals surface area contributed by atoms with Crippen LogP contribution in [-0.2, 0) is 0 Å². The van der Waals surface area contributed by atoms with Gasteiger partial charge in [0.2, 0.25) is 0 Å². The van der Waals surface area contributed by atoms with Crippen LogP contribution in [0.15, 0.2) is 24.3 Å². The lowest BCUT2D eigenvalue weighted by atomic mass is 9.90. The summed E-state index contributed by atoms with van der Waals surface area (Å²) in [5.41, 5.74) is 7.26. The van der Waals surface area contributed by atoms with Crippen LogP contribution in [0.3, 0.4) is 0 Å². The molecule has 1 aromatic rings. The van der Waals surface area contributed by atoms with Crippen LogP contribution in [0.4, 0.5) is 0 Å². The van der Waals surface area contributed by atoms with Crippen LogP contribution in [0.1, 0.15) is 44.2 Å². The fraction of sp³-hybridized carbons (Fsp3) is 0.600. The molecular formula is C15H23ClN2. The molecule has 1 aromatic carbocycles. The number of rotatable bonds is 3. The SMILES string of the molecule is CC(c1cccc(Cl)c1)N(C)C1CCC(N)CC1. The van der Waals surface area contributed by atoms with Crippen LogP contribution in [0.25, 0.3) is 0 Å². The van der Waals surface area contributed by atoms with Crippen molar-refractivity contribution in [2.45, 2.75) is 50.7 Å². The molecule has 0 saturated heterocycles. The van der Waals surface area contributed by atoms with Crippen LogP contribution in [0.5, 0.6) is 0 Å². The molecule has 3 heteroatoms. The summed E-state index contributed by atoms with van der Waals surface area (Å²) < 4.78 is 0. The second kappa shape index (κ2) is 6.05. The molecule has 2 nitrogen and oxygen atoms in total. The van der Waals surface area contributed by atoms with E-state index < -0.39 is 0 Å². The van der Waals surface area contributed by atoms with Crippen molar-refractivity contribution in [2.24, 2.45) is 5.73 Å². The van der Waals surface area contributed by atoms with E-state index in [9.17, 15) is 0 Å². The van der Waals surface area contributed by atoms with E-state index >= 15 is 0 Å². The first-order valence-corrected chi connectivity index (χ1v) is 7.18. The van der Waals surface area contributed by atoms with Gasteiger partial charge in [-0.3, -0.25) is 4.90 Å². The highest BCUT2D eigenvalue weighted by atomic mass is 35.5. The monoisotopic (exact) mass is 266 g/mol. The molecule has 1 aliphatic carbocycles. The Morgan fingerprint density at radius 1 is 1.28 bits per heavy atom. The third-order valence-corrected chi connectivity index (χ3v) is 4.49. The largest absolute Gasteiger partial charge is 0.328 e. The van der Waals surface area contributed by atoms with E-state index in [1.807, 2.05) is 12.1 Å². The van der Waals surface area contributed by atoms with Gasteiger partial charge in [-0.15, -0.1) is 0 Å². The average Bonchev–Trinajstić information content (AvgIpc) is 2.38. The Morgan fingerprint density at radius 2 is 1.94 bits per heavy atom. The van der Waals surface area contributed by atoms with Gasteiger partial charge in [-0.25, -0.2) is 0 Å². The van der Waals surface area contributed by atoms with Crippen molar-refractivity contribution in [1.29, 1.82) is 0 Å². The third kappa shape index (κ3) is 3.25. The number of halogens is 1. The number of hydrogen-bond donors (Lipinski definition) is 1. The summed E-state index contributed by atoms with van der Waals surface area (Å²) in [7, 11) is 2.22. The zero-order valence-corrected chi connectivity index (χ0v) is 12.0. The summed E-state index contributed by atoms with van der Waals surface area (Å²) in [6.45, 7) is 2.25. The highest BCUT2D eigenvalue weighted by Gasteiger charge is 2.25. The average molecular weight is 267 g/mol. The van der Waals surface area contributed by atoms with Gasteiger partial charge in [-0.2, -0.15) is 0 Å². The Balaban J connectivity index is 2.02. The normalized spacial score (nSPS) is 26.3. The van der Waals surface area contributed by atoms with Gasteiger partial charge in [0.1, 0.15) is 0 Å². The number of nitrogens with zero attached hydrogens (tertiary/aromatic N) is 1. The fourth-order valence-corrected chi connectivity index (χ4v) is 3.03. The molecule has 100 valence electrons. The molecule has 0 radical (unpaired) electrons. The van der Waals surface area contributed by atoms with Gasteiger partial charge < -0.3 is 5.73 Å². The zero-order valence-electron chi connectivity index (χ0n) is 11.3. The van der Waals surface area contributed by atoms with Crippen molar-refractivity contribution < 1.29 is 0 Å². The van der Waals surface area contributed by atoms with Crippen LogP contribution in [0, 0.1) is 0 Å². The highest BCUT2D eigenvalue weighted by molar-refractivity contribution is 6.30. The Bertz CT molecular complexity index is 386. The molecule has 0 bridgehead atoms. The van der Waals surface area contributed by atoms with Gasteiger partial charge in [0.25, 0.3) is 0 Å². The molecule has 2 rings (SSSR count). The summed E-state index contributed by atoms with van der Waals surface area (Å²) in [6.07, 6.45) is 4.72. The molecule has 0 aliphatic heterocycles. The molecule has 1 unspecified atom stereocenters. The summed E-state index contributed by atoms with van der Waals surface area (Å²) in [6, 6.07) is 9.65. The lowest BCUT2D eigenvalue weighted by Gasteiger charge is -2.37. The minimum absolute atomic E-state index is 0.406. The standard InChI is InChI=1S/C15H23ClN2/c1-11(12-4-3-5-13(16)10-12)18(2)15-8-6-14(17)7-9-15/h3-5,10-11,14-15H,6-9,17H2,1-2H3. The van der Waals surface area contributed by atoms with Gasteiger partial charge in [0.05, 0.1) is 0 Å². The number of nitrogens with two attached hydrogens (primary N) is 1. The van der Waals surface area contributed by atoms with Crippen molar-refractivity contribution in [1.82, 2.24) is 4.90 Å². The van der Waals surface area contributed by atoms with E-state index in [1.54, 1.807) is 0 Å². The molecule has 1 fully saturated rings. The smallest absolute Gasteiger partial charge is 0.0409 e. The summed E-state index contributed by atoms with van der Waals surface area (Å²) in [5, 5.41) is 0.818. The van der Waals surface area contributed by atoms with Crippen LogP contribution >= 0.6 is 11.6 Å². The van der Waals surface area contributed by atoms with Crippen molar-refractivity contribution in [3.8, 4) is 0 Å². The van der Waals surface area contributed by atoms with Gasteiger partial charge in [-0.1, -0.05) is 23.7 Å². The molecule has 0 amide bonds. The van der Waals surface area contributed by atoms with Gasteiger partial charge in [0, 0.05) is 23.1 Å². The lowest BCUT2D eigenvalue weighted by Crippen LogP contribution is -2.39. The molecule has 1 aliphatic rings. The van der Waals surface area contributed by atoms with Crippen LogP contribution in [-0.4, -0.2) is 24.0 Å². The summed E-state index contributed by atoms with van der Waals surface area (Å²) >= 11 is 6.06.